The fourth-order valence-electron chi connectivity index (χ4n) is 3.94. The predicted molar refractivity (Wildman–Crippen MR) is 113 cm³/mol. The van der Waals surface area contributed by atoms with E-state index >= 15 is 0 Å². The van der Waals surface area contributed by atoms with Crippen LogP contribution in [0.4, 0.5) is 5.69 Å². The van der Waals surface area contributed by atoms with E-state index in [0.717, 1.165) is 4.90 Å². The third-order valence-corrected chi connectivity index (χ3v) is 5.36. The molecule has 0 spiro atoms. The highest BCUT2D eigenvalue weighted by molar-refractivity contribution is 6.36. The van der Waals surface area contributed by atoms with Crippen LogP contribution < -0.4 is 10.6 Å². The fraction of sp³-hybridized carbons (Fsp3) is 0.0870. The Labute approximate surface area is 170 Å². The Morgan fingerprint density at radius 1 is 1.00 bits per heavy atom. The fourth-order valence-corrected chi connectivity index (χ4v) is 3.94. The van der Waals surface area contributed by atoms with Crippen molar-refractivity contribution in [1.29, 1.82) is 0 Å². The van der Waals surface area contributed by atoms with Crippen molar-refractivity contribution in [2.45, 2.75) is 0 Å². The van der Waals surface area contributed by atoms with E-state index in [9.17, 15) is 14.4 Å². The number of fused-ring (bicyclic) bond motifs is 1. The summed E-state index contributed by atoms with van der Waals surface area (Å²) < 4.78 is 1.46. The minimum absolute atomic E-state index is 0.273. The van der Waals surface area contributed by atoms with E-state index in [4.69, 9.17) is 5.11 Å². The number of aliphatic hydroxyl groups excluding tert-OH is 1. The van der Waals surface area contributed by atoms with Crippen LogP contribution in [0.5, 0.6) is 0 Å². The second-order valence-electron chi connectivity index (χ2n) is 6.99. The number of aromatic amines is 1. The summed E-state index contributed by atoms with van der Waals surface area (Å²) in [7, 11) is 1.65. The average Bonchev–Trinajstić information content (AvgIpc) is 3.03. The second kappa shape index (κ2) is 6.44. The number of hydrogen-bond acceptors (Lipinski definition) is 4. The normalized spacial score (nSPS) is 13.1. The minimum atomic E-state index is -0.442. The van der Waals surface area contributed by atoms with Crippen LogP contribution in [0.2, 0.25) is 0 Å². The molecule has 7 nitrogen and oxygen atoms in total. The van der Waals surface area contributed by atoms with Crippen LogP contribution in [0.15, 0.2) is 53.3 Å². The zero-order valence-electron chi connectivity index (χ0n) is 15.9. The van der Waals surface area contributed by atoms with Crippen LogP contribution >= 0.6 is 0 Å². The second-order valence-corrected chi connectivity index (χ2v) is 6.99. The lowest BCUT2D eigenvalue weighted by molar-refractivity contribution is 0.0893. The van der Waals surface area contributed by atoms with Gasteiger partial charge in [-0.2, -0.15) is 0 Å². The maximum Gasteiger partial charge on any atom is 0.326 e. The maximum atomic E-state index is 13.3. The van der Waals surface area contributed by atoms with Crippen LogP contribution in [0.3, 0.4) is 0 Å². The largest absolute Gasteiger partial charge is 0.384 e. The summed E-state index contributed by atoms with van der Waals surface area (Å²) >= 11 is 0. The first-order valence-electron chi connectivity index (χ1n) is 9.24. The number of anilines is 1. The lowest BCUT2D eigenvalue weighted by Crippen LogP contribution is -2.40. The number of aliphatic hydroxyl groups is 1. The van der Waals surface area contributed by atoms with E-state index in [0.29, 0.717) is 44.2 Å². The number of aromatic nitrogens is 2. The lowest BCUT2D eigenvalue weighted by Gasteiger charge is -2.27. The van der Waals surface area contributed by atoms with Gasteiger partial charge in [-0.15, -0.1) is 0 Å². The van der Waals surface area contributed by atoms with Gasteiger partial charge < -0.3 is 10.1 Å². The highest BCUT2D eigenvalue weighted by atomic mass is 16.2. The van der Waals surface area contributed by atoms with Crippen molar-refractivity contribution in [3.05, 3.63) is 75.7 Å². The van der Waals surface area contributed by atoms with Gasteiger partial charge in [0, 0.05) is 29.1 Å². The van der Waals surface area contributed by atoms with Crippen LogP contribution in [-0.4, -0.2) is 33.1 Å². The molecule has 146 valence electrons. The van der Waals surface area contributed by atoms with Gasteiger partial charge in [-0.05, 0) is 41.8 Å². The van der Waals surface area contributed by atoms with Crippen molar-refractivity contribution in [2.24, 2.45) is 7.05 Å². The Hall–Kier alpha value is -4.15. The highest BCUT2D eigenvalue weighted by Crippen LogP contribution is 2.34. The summed E-state index contributed by atoms with van der Waals surface area (Å²) in [5, 5.41) is 10.2. The van der Waals surface area contributed by atoms with Gasteiger partial charge in [0.05, 0.1) is 16.7 Å². The number of H-pyrrole nitrogens is 1. The third-order valence-electron chi connectivity index (χ3n) is 5.36. The molecule has 2 amide bonds. The Kier molecular flexibility index (Phi) is 3.85. The van der Waals surface area contributed by atoms with E-state index in [1.165, 1.54) is 4.57 Å². The zero-order chi connectivity index (χ0) is 21.0. The van der Waals surface area contributed by atoms with Gasteiger partial charge in [-0.25, -0.2) is 9.69 Å². The molecule has 2 N–H and O–H groups in total. The molecule has 3 aromatic carbocycles. The van der Waals surface area contributed by atoms with Gasteiger partial charge in [-0.3, -0.25) is 14.2 Å². The van der Waals surface area contributed by atoms with Crippen molar-refractivity contribution in [1.82, 2.24) is 9.55 Å². The number of nitrogens with one attached hydrogen (secondary N) is 1. The molecule has 0 bridgehead atoms. The summed E-state index contributed by atoms with van der Waals surface area (Å²) in [6, 6.07) is 13.6. The molecule has 0 saturated heterocycles. The number of rotatable bonds is 1. The number of amides is 2. The molecule has 1 aromatic heterocycles. The molecule has 2 heterocycles. The smallest absolute Gasteiger partial charge is 0.326 e. The number of carbonyl (C=O) groups excluding carboxylic acids is 2. The SMILES string of the molecule is Cn1c(=O)[nH]c2cc(N3C(=O)c4cccc5c(C#CCO)ccc(c45)C3=O)ccc21. The maximum absolute atomic E-state index is 13.3. The van der Waals surface area contributed by atoms with Gasteiger partial charge in [0.2, 0.25) is 0 Å². The van der Waals surface area contributed by atoms with E-state index in [-0.39, 0.29) is 12.3 Å². The molecule has 1 aliphatic rings. The van der Waals surface area contributed by atoms with Gasteiger partial charge in [0.1, 0.15) is 6.61 Å². The number of carbonyl (C=O) groups is 2. The predicted octanol–water partition coefficient (Wildman–Crippen LogP) is 2.16. The van der Waals surface area contributed by atoms with Crippen LogP contribution in [-0.2, 0) is 7.05 Å². The summed E-state index contributed by atoms with van der Waals surface area (Å²) in [4.78, 5) is 42.3. The summed E-state index contributed by atoms with van der Waals surface area (Å²) in [6.07, 6.45) is 0. The Morgan fingerprint density at radius 2 is 1.77 bits per heavy atom. The number of aryl methyl sites for hydroxylation is 1. The monoisotopic (exact) mass is 397 g/mol. The Balaban J connectivity index is 1.71. The first-order chi connectivity index (χ1) is 14.5. The molecular formula is C23H15N3O4. The molecule has 0 fully saturated rings. The summed E-state index contributed by atoms with van der Waals surface area (Å²) in [5.41, 5.74) is 2.76. The molecule has 0 aliphatic carbocycles. The first kappa shape index (κ1) is 17.9. The summed E-state index contributed by atoms with van der Waals surface area (Å²) in [5.74, 6) is 4.59. The van der Waals surface area contributed by atoms with Crippen molar-refractivity contribution >= 4 is 39.3 Å². The van der Waals surface area contributed by atoms with Crippen molar-refractivity contribution in [2.75, 3.05) is 11.5 Å². The molecule has 0 saturated carbocycles. The first-order valence-corrected chi connectivity index (χ1v) is 9.24. The Morgan fingerprint density at radius 3 is 2.53 bits per heavy atom. The molecule has 0 atom stereocenters. The highest BCUT2D eigenvalue weighted by Gasteiger charge is 2.34. The van der Waals surface area contributed by atoms with E-state index in [1.807, 2.05) is 0 Å². The molecule has 5 rings (SSSR count). The van der Waals surface area contributed by atoms with Crippen molar-refractivity contribution in [3.8, 4) is 11.8 Å². The number of benzene rings is 3. The van der Waals surface area contributed by atoms with E-state index in [1.54, 1.807) is 55.6 Å². The van der Waals surface area contributed by atoms with Crippen molar-refractivity contribution < 1.29 is 14.7 Å². The van der Waals surface area contributed by atoms with Gasteiger partial charge in [-0.1, -0.05) is 24.0 Å². The molecule has 4 aromatic rings. The lowest BCUT2D eigenvalue weighted by atomic mass is 9.91. The van der Waals surface area contributed by atoms with Crippen molar-refractivity contribution in [3.63, 3.8) is 0 Å². The van der Waals surface area contributed by atoms with Crippen LogP contribution in [0.25, 0.3) is 21.8 Å². The molecular weight excluding hydrogens is 382 g/mol. The standard InChI is InChI=1S/C23H15N3O4/c1-25-19-10-8-14(12-18(19)24-23(25)30)26-21(28)16-6-2-5-15-13(4-3-11-27)7-9-17(20(15)16)22(26)29/h2,5-10,12,27H,11H2,1H3,(H,24,30). The summed E-state index contributed by atoms with van der Waals surface area (Å²) in [6.45, 7) is -0.279. The van der Waals surface area contributed by atoms with Crippen LogP contribution in [0.1, 0.15) is 26.3 Å². The number of nitrogens with zero attached hydrogens (tertiary/aromatic N) is 2. The topological polar surface area (TPSA) is 95.4 Å². The van der Waals surface area contributed by atoms with E-state index in [2.05, 4.69) is 16.8 Å². The minimum Gasteiger partial charge on any atom is -0.384 e. The third kappa shape index (κ3) is 2.41. The van der Waals surface area contributed by atoms with Crippen LogP contribution in [0, 0.1) is 11.8 Å². The molecule has 0 unspecified atom stereocenters. The van der Waals surface area contributed by atoms with Gasteiger partial charge >= 0.3 is 5.69 Å². The average molecular weight is 397 g/mol. The molecule has 1 aliphatic heterocycles. The molecule has 7 heteroatoms. The molecule has 0 radical (unpaired) electrons. The van der Waals surface area contributed by atoms with E-state index < -0.39 is 11.8 Å². The Bertz CT molecular complexity index is 1490. The number of imidazole rings is 1. The number of imide groups is 1. The quantitative estimate of drug-likeness (QED) is 0.380. The van der Waals surface area contributed by atoms with Gasteiger partial charge in [0.15, 0.2) is 0 Å². The number of hydrogen-bond donors (Lipinski definition) is 2. The van der Waals surface area contributed by atoms with Gasteiger partial charge in [0.25, 0.3) is 11.8 Å². The molecule has 30 heavy (non-hydrogen) atoms. The zero-order valence-corrected chi connectivity index (χ0v) is 15.9.